The summed E-state index contributed by atoms with van der Waals surface area (Å²) in [5.74, 6) is -0.0879. The second-order valence-corrected chi connectivity index (χ2v) is 8.57. The van der Waals surface area contributed by atoms with Crippen LogP contribution in [0.4, 0.5) is 11.4 Å². The van der Waals surface area contributed by atoms with Gasteiger partial charge < -0.3 is 10.1 Å². The number of halogens is 1. The van der Waals surface area contributed by atoms with Crippen LogP contribution in [-0.2, 0) is 9.59 Å². The maximum Gasteiger partial charge on any atom is 0.283 e. The van der Waals surface area contributed by atoms with Gasteiger partial charge in [0.15, 0.2) is 0 Å². The summed E-state index contributed by atoms with van der Waals surface area (Å²) >= 11 is 7.52. The highest BCUT2D eigenvalue weighted by molar-refractivity contribution is 8.04. The minimum absolute atomic E-state index is 0.227. The lowest BCUT2D eigenvalue weighted by Crippen LogP contribution is -2.32. The van der Waals surface area contributed by atoms with E-state index in [1.165, 1.54) is 11.8 Å². The third kappa shape index (κ3) is 4.52. The molecule has 0 saturated heterocycles. The van der Waals surface area contributed by atoms with E-state index in [9.17, 15) is 9.59 Å². The van der Waals surface area contributed by atoms with Crippen molar-refractivity contribution in [2.24, 2.45) is 0 Å². The second-order valence-electron chi connectivity index (χ2n) is 7.08. The Labute approximate surface area is 196 Å². The number of nitrogens with one attached hydrogen (secondary N) is 1. The maximum absolute atomic E-state index is 13.4. The number of hydrogen-bond donors (Lipinski definition) is 1. The number of rotatable bonds is 7. The molecule has 32 heavy (non-hydrogen) atoms. The van der Waals surface area contributed by atoms with Gasteiger partial charge in [-0.2, -0.15) is 0 Å². The molecule has 2 amide bonds. The first-order valence-corrected chi connectivity index (χ1v) is 11.3. The predicted molar refractivity (Wildman–Crippen MR) is 129 cm³/mol. The van der Waals surface area contributed by atoms with Crippen LogP contribution in [0.15, 0.2) is 88.3 Å². The van der Waals surface area contributed by atoms with E-state index in [2.05, 4.69) is 5.32 Å². The van der Waals surface area contributed by atoms with Crippen molar-refractivity contribution in [2.45, 2.75) is 18.7 Å². The van der Waals surface area contributed by atoms with E-state index in [-0.39, 0.29) is 5.70 Å². The van der Waals surface area contributed by atoms with Gasteiger partial charge in [-0.25, -0.2) is 4.90 Å². The van der Waals surface area contributed by atoms with Gasteiger partial charge in [-0.15, -0.1) is 0 Å². The molecule has 7 heteroatoms. The van der Waals surface area contributed by atoms with E-state index in [0.717, 1.165) is 21.1 Å². The van der Waals surface area contributed by atoms with Crippen molar-refractivity contribution in [3.05, 3.63) is 94.0 Å². The molecule has 4 rings (SSSR count). The Bertz CT molecular complexity index is 1190. The number of carbonyl (C=O) groups excluding carboxylic acids is 2. The molecule has 5 nitrogen and oxygen atoms in total. The number of aryl methyl sites for hydroxylation is 1. The summed E-state index contributed by atoms with van der Waals surface area (Å²) in [7, 11) is 0. The van der Waals surface area contributed by atoms with Gasteiger partial charge in [0.1, 0.15) is 16.4 Å². The van der Waals surface area contributed by atoms with Crippen molar-refractivity contribution >= 4 is 46.6 Å². The number of ether oxygens (including phenoxy) is 1. The zero-order valence-corrected chi connectivity index (χ0v) is 19.2. The summed E-state index contributed by atoms with van der Waals surface area (Å²) in [4.78, 5) is 29.1. The fourth-order valence-electron chi connectivity index (χ4n) is 3.22. The third-order valence-corrected chi connectivity index (χ3v) is 6.35. The van der Waals surface area contributed by atoms with Crippen LogP contribution in [0.25, 0.3) is 0 Å². The number of anilines is 2. The number of benzene rings is 3. The normalized spacial score (nSPS) is 13.7. The first-order valence-electron chi connectivity index (χ1n) is 10.1. The van der Waals surface area contributed by atoms with Gasteiger partial charge in [0, 0.05) is 15.6 Å². The molecule has 0 radical (unpaired) electrons. The van der Waals surface area contributed by atoms with Gasteiger partial charge in [0.2, 0.25) is 0 Å². The molecule has 0 aliphatic carbocycles. The quantitative estimate of drug-likeness (QED) is 0.432. The summed E-state index contributed by atoms with van der Waals surface area (Å²) in [5.41, 5.74) is 2.21. The molecule has 1 heterocycles. The molecule has 0 unspecified atom stereocenters. The summed E-state index contributed by atoms with van der Waals surface area (Å²) in [6.45, 7) is 4.35. The summed E-state index contributed by atoms with van der Waals surface area (Å²) in [5, 5.41) is 3.64. The van der Waals surface area contributed by atoms with E-state index in [1.807, 2.05) is 68.4 Å². The molecule has 0 fully saturated rings. The van der Waals surface area contributed by atoms with E-state index in [4.69, 9.17) is 16.3 Å². The van der Waals surface area contributed by atoms with E-state index in [1.54, 1.807) is 18.2 Å². The largest absolute Gasteiger partial charge is 0.494 e. The number of amides is 2. The van der Waals surface area contributed by atoms with Crippen LogP contribution in [0.5, 0.6) is 5.75 Å². The average Bonchev–Trinajstić information content (AvgIpc) is 3.02. The molecule has 1 N–H and O–H groups in total. The minimum atomic E-state index is -0.428. The van der Waals surface area contributed by atoms with Gasteiger partial charge in [-0.1, -0.05) is 47.6 Å². The first kappa shape index (κ1) is 22.0. The number of hydrogen-bond acceptors (Lipinski definition) is 5. The highest BCUT2D eigenvalue weighted by atomic mass is 35.5. The molecule has 162 valence electrons. The number of carbonyl (C=O) groups is 2. The summed E-state index contributed by atoms with van der Waals surface area (Å²) in [6, 6.07) is 21.9. The standard InChI is InChI=1S/C25H21ClN2O3S/c1-3-31-19-13-10-17(11-14-19)27-22-23(32-20-7-5-4-6-8-20)25(30)28(24(22)29)18-12-9-16(2)21(26)15-18/h4-15,27H,3H2,1-2H3. The lowest BCUT2D eigenvalue weighted by molar-refractivity contribution is -0.120. The van der Waals surface area contributed by atoms with Crippen LogP contribution >= 0.6 is 23.4 Å². The van der Waals surface area contributed by atoms with E-state index < -0.39 is 11.8 Å². The Kier molecular flexibility index (Phi) is 6.53. The predicted octanol–water partition coefficient (Wildman–Crippen LogP) is 6.04. The molecule has 1 aliphatic rings. The molecular weight excluding hydrogens is 444 g/mol. The van der Waals surface area contributed by atoms with Crippen molar-refractivity contribution in [1.29, 1.82) is 0 Å². The number of imide groups is 1. The van der Waals surface area contributed by atoms with Crippen molar-refractivity contribution in [3.63, 3.8) is 0 Å². The molecule has 1 aliphatic heterocycles. The first-order chi connectivity index (χ1) is 15.5. The van der Waals surface area contributed by atoms with Crippen molar-refractivity contribution in [1.82, 2.24) is 0 Å². The third-order valence-electron chi connectivity index (χ3n) is 4.85. The summed E-state index contributed by atoms with van der Waals surface area (Å²) in [6.07, 6.45) is 0. The molecule has 0 saturated carbocycles. The van der Waals surface area contributed by atoms with Gasteiger partial charge in [0.25, 0.3) is 11.8 Å². The number of nitrogens with zero attached hydrogens (tertiary/aromatic N) is 1. The van der Waals surface area contributed by atoms with E-state index in [0.29, 0.717) is 27.9 Å². The van der Waals surface area contributed by atoms with Crippen LogP contribution in [-0.4, -0.2) is 18.4 Å². The van der Waals surface area contributed by atoms with Gasteiger partial charge >= 0.3 is 0 Å². The lowest BCUT2D eigenvalue weighted by Gasteiger charge is -2.16. The number of thioether (sulfide) groups is 1. The molecule has 3 aromatic rings. The maximum atomic E-state index is 13.4. The topological polar surface area (TPSA) is 58.6 Å². The average molecular weight is 465 g/mol. The Morgan fingerprint density at radius 1 is 0.969 bits per heavy atom. The Hall–Kier alpha value is -3.22. The Morgan fingerprint density at radius 2 is 1.69 bits per heavy atom. The molecule has 0 aromatic heterocycles. The zero-order valence-electron chi connectivity index (χ0n) is 17.6. The van der Waals surface area contributed by atoms with Crippen LogP contribution in [0.1, 0.15) is 12.5 Å². The van der Waals surface area contributed by atoms with Crippen LogP contribution in [0, 0.1) is 6.92 Å². The lowest BCUT2D eigenvalue weighted by atomic mass is 10.2. The van der Waals surface area contributed by atoms with Crippen LogP contribution in [0.2, 0.25) is 5.02 Å². The second kappa shape index (κ2) is 9.51. The van der Waals surface area contributed by atoms with Crippen molar-refractivity contribution < 1.29 is 14.3 Å². The highest BCUT2D eigenvalue weighted by Crippen LogP contribution is 2.38. The summed E-state index contributed by atoms with van der Waals surface area (Å²) < 4.78 is 5.48. The molecule has 0 atom stereocenters. The molecule has 0 bridgehead atoms. The molecular formula is C25H21ClN2O3S. The van der Waals surface area contributed by atoms with Crippen molar-refractivity contribution in [2.75, 3.05) is 16.8 Å². The fraction of sp³-hybridized carbons (Fsp3) is 0.120. The zero-order chi connectivity index (χ0) is 22.7. The molecule has 0 spiro atoms. The highest BCUT2D eigenvalue weighted by Gasteiger charge is 2.40. The van der Waals surface area contributed by atoms with Crippen LogP contribution in [0.3, 0.4) is 0 Å². The van der Waals surface area contributed by atoms with Gasteiger partial charge in [0.05, 0.1) is 12.3 Å². The van der Waals surface area contributed by atoms with Crippen molar-refractivity contribution in [3.8, 4) is 5.75 Å². The smallest absolute Gasteiger partial charge is 0.283 e. The fourth-order valence-corrected chi connectivity index (χ4v) is 4.34. The minimum Gasteiger partial charge on any atom is -0.494 e. The van der Waals surface area contributed by atoms with E-state index >= 15 is 0 Å². The Morgan fingerprint density at radius 3 is 2.34 bits per heavy atom. The van der Waals surface area contributed by atoms with Gasteiger partial charge in [-0.05, 0) is 67.9 Å². The SMILES string of the molecule is CCOc1ccc(NC2=C(Sc3ccccc3)C(=O)N(c3ccc(C)c(Cl)c3)C2=O)cc1. The Balaban J connectivity index is 1.71. The monoisotopic (exact) mass is 464 g/mol. The molecule has 3 aromatic carbocycles. The van der Waals surface area contributed by atoms with Crippen LogP contribution < -0.4 is 15.0 Å². The van der Waals surface area contributed by atoms with Gasteiger partial charge in [-0.3, -0.25) is 9.59 Å².